The Balaban J connectivity index is 1.91. The van der Waals surface area contributed by atoms with Crippen LogP contribution < -0.4 is 4.90 Å². The first kappa shape index (κ1) is 15.2. The van der Waals surface area contributed by atoms with Gasteiger partial charge in [-0.15, -0.1) is 0 Å². The van der Waals surface area contributed by atoms with Gasteiger partial charge in [0.2, 0.25) is 5.91 Å². The second-order valence-corrected chi connectivity index (χ2v) is 5.11. The van der Waals surface area contributed by atoms with Crippen molar-refractivity contribution in [2.75, 3.05) is 32.7 Å². The third-order valence-electron chi connectivity index (χ3n) is 3.80. The standard InChI is InChI=1S/C15H19N3O3/c1-2-16-9-11-17(12-10-16)15(19)8-5-13-3-6-14(7-4-13)18(20)21/h3-8H,2,9-12H2,1H3/p+1. The molecule has 0 bridgehead atoms. The van der Waals surface area contributed by atoms with Crippen molar-refractivity contribution in [1.29, 1.82) is 0 Å². The summed E-state index contributed by atoms with van der Waals surface area (Å²) in [5.74, 6) is 0.00325. The third kappa shape index (κ3) is 4.13. The minimum absolute atomic E-state index is 0.00325. The highest BCUT2D eigenvalue weighted by atomic mass is 16.6. The molecule has 0 aliphatic carbocycles. The number of likely N-dealkylation sites (N-methyl/N-ethyl adjacent to an activating group) is 1. The van der Waals surface area contributed by atoms with Gasteiger partial charge in [-0.05, 0) is 30.7 Å². The van der Waals surface area contributed by atoms with Gasteiger partial charge in [-0.2, -0.15) is 0 Å². The Morgan fingerprint density at radius 3 is 2.48 bits per heavy atom. The van der Waals surface area contributed by atoms with E-state index >= 15 is 0 Å². The van der Waals surface area contributed by atoms with Crippen molar-refractivity contribution in [2.45, 2.75) is 6.92 Å². The summed E-state index contributed by atoms with van der Waals surface area (Å²) in [5.41, 5.74) is 0.837. The Kier molecular flexibility index (Phi) is 5.05. The molecular weight excluding hydrogens is 270 g/mol. The highest BCUT2D eigenvalue weighted by Gasteiger charge is 2.20. The van der Waals surface area contributed by atoms with Gasteiger partial charge in [0, 0.05) is 18.2 Å². The molecule has 112 valence electrons. The minimum atomic E-state index is -0.436. The number of quaternary nitrogens is 1. The Morgan fingerprint density at radius 1 is 1.33 bits per heavy atom. The minimum Gasteiger partial charge on any atom is -0.332 e. The molecule has 1 heterocycles. The molecule has 0 radical (unpaired) electrons. The highest BCUT2D eigenvalue weighted by molar-refractivity contribution is 5.91. The van der Waals surface area contributed by atoms with Gasteiger partial charge in [0.1, 0.15) is 0 Å². The van der Waals surface area contributed by atoms with E-state index in [0.717, 1.165) is 38.3 Å². The molecule has 0 atom stereocenters. The largest absolute Gasteiger partial charge is 0.332 e. The fraction of sp³-hybridized carbons (Fsp3) is 0.400. The van der Waals surface area contributed by atoms with Gasteiger partial charge >= 0.3 is 0 Å². The Labute approximate surface area is 123 Å². The lowest BCUT2D eigenvalue weighted by molar-refractivity contribution is -0.902. The van der Waals surface area contributed by atoms with Crippen molar-refractivity contribution in [1.82, 2.24) is 4.90 Å². The second kappa shape index (κ2) is 6.99. The molecule has 6 nitrogen and oxygen atoms in total. The Bertz CT molecular complexity index is 532. The van der Waals surface area contributed by atoms with E-state index < -0.39 is 4.92 Å². The van der Waals surface area contributed by atoms with E-state index in [1.54, 1.807) is 18.2 Å². The number of amides is 1. The van der Waals surface area contributed by atoms with E-state index in [0.29, 0.717) is 0 Å². The molecule has 1 aromatic carbocycles. The molecule has 6 heteroatoms. The fourth-order valence-corrected chi connectivity index (χ4v) is 2.38. The maximum atomic E-state index is 12.1. The number of nitro benzene ring substituents is 1. The number of nitrogens with one attached hydrogen (secondary N) is 1. The molecule has 1 N–H and O–H groups in total. The van der Waals surface area contributed by atoms with Crippen molar-refractivity contribution in [3.05, 3.63) is 46.0 Å². The van der Waals surface area contributed by atoms with Crippen LogP contribution in [0.3, 0.4) is 0 Å². The highest BCUT2D eigenvalue weighted by Crippen LogP contribution is 2.12. The molecule has 0 unspecified atom stereocenters. The number of carbonyl (C=O) groups excluding carboxylic acids is 1. The van der Waals surface area contributed by atoms with Gasteiger partial charge in [0.25, 0.3) is 5.69 Å². The van der Waals surface area contributed by atoms with Gasteiger partial charge in [-0.3, -0.25) is 14.9 Å². The first-order valence-corrected chi connectivity index (χ1v) is 7.15. The van der Waals surface area contributed by atoms with Crippen molar-refractivity contribution in [3.63, 3.8) is 0 Å². The van der Waals surface area contributed by atoms with Crippen LogP contribution in [0, 0.1) is 10.1 Å². The number of carbonyl (C=O) groups is 1. The maximum Gasteiger partial charge on any atom is 0.269 e. The average Bonchev–Trinajstić information content (AvgIpc) is 2.53. The lowest BCUT2D eigenvalue weighted by Crippen LogP contribution is -3.14. The van der Waals surface area contributed by atoms with Gasteiger partial charge < -0.3 is 9.80 Å². The number of rotatable bonds is 4. The zero-order chi connectivity index (χ0) is 15.2. The zero-order valence-electron chi connectivity index (χ0n) is 12.1. The van der Waals surface area contributed by atoms with Gasteiger partial charge in [-0.1, -0.05) is 0 Å². The molecule has 1 aromatic rings. The van der Waals surface area contributed by atoms with E-state index in [-0.39, 0.29) is 11.6 Å². The summed E-state index contributed by atoms with van der Waals surface area (Å²) in [5, 5.41) is 10.6. The number of non-ortho nitro benzene ring substituents is 1. The third-order valence-corrected chi connectivity index (χ3v) is 3.80. The summed E-state index contributed by atoms with van der Waals surface area (Å²) >= 11 is 0. The van der Waals surface area contributed by atoms with Crippen LogP contribution >= 0.6 is 0 Å². The monoisotopic (exact) mass is 290 g/mol. The second-order valence-electron chi connectivity index (χ2n) is 5.11. The first-order valence-electron chi connectivity index (χ1n) is 7.15. The molecular formula is C15H20N3O3+. The first-order chi connectivity index (χ1) is 10.1. The average molecular weight is 290 g/mol. The van der Waals surface area contributed by atoms with Crippen LogP contribution in [-0.2, 0) is 4.79 Å². The van der Waals surface area contributed by atoms with Crippen LogP contribution in [-0.4, -0.2) is 48.5 Å². The normalized spacial score (nSPS) is 16.3. The van der Waals surface area contributed by atoms with Gasteiger partial charge in [-0.25, -0.2) is 0 Å². The zero-order valence-corrected chi connectivity index (χ0v) is 12.1. The molecule has 21 heavy (non-hydrogen) atoms. The SMILES string of the molecule is CC[NH+]1CCN(C(=O)C=Cc2ccc([N+](=O)[O-])cc2)CC1. The lowest BCUT2D eigenvalue weighted by Gasteiger charge is -2.30. The van der Waals surface area contributed by atoms with E-state index in [1.165, 1.54) is 23.1 Å². The van der Waals surface area contributed by atoms with Crippen LogP contribution in [0.4, 0.5) is 5.69 Å². The predicted octanol–water partition coefficient (Wildman–Crippen LogP) is 0.355. The van der Waals surface area contributed by atoms with Crippen molar-refractivity contribution >= 4 is 17.7 Å². The van der Waals surface area contributed by atoms with Crippen LogP contribution in [0.15, 0.2) is 30.3 Å². The Morgan fingerprint density at radius 2 is 1.95 bits per heavy atom. The molecule has 1 aliphatic rings. The topological polar surface area (TPSA) is 67.9 Å². The number of nitro groups is 1. The molecule has 1 fully saturated rings. The number of benzene rings is 1. The maximum absolute atomic E-state index is 12.1. The van der Waals surface area contributed by atoms with Crippen LogP contribution in [0.25, 0.3) is 6.08 Å². The van der Waals surface area contributed by atoms with E-state index in [4.69, 9.17) is 0 Å². The molecule has 2 rings (SSSR count). The predicted molar refractivity (Wildman–Crippen MR) is 79.9 cm³/mol. The summed E-state index contributed by atoms with van der Waals surface area (Å²) in [6, 6.07) is 6.16. The van der Waals surface area contributed by atoms with Gasteiger partial charge in [0.15, 0.2) is 0 Å². The van der Waals surface area contributed by atoms with Crippen LogP contribution in [0.5, 0.6) is 0 Å². The summed E-state index contributed by atoms with van der Waals surface area (Å²) in [7, 11) is 0. The van der Waals surface area contributed by atoms with Gasteiger partial charge in [0.05, 0.1) is 37.6 Å². The number of piperazine rings is 1. The Hall–Kier alpha value is -2.21. The summed E-state index contributed by atoms with van der Waals surface area (Å²) in [6.45, 7) is 6.81. The summed E-state index contributed by atoms with van der Waals surface area (Å²) < 4.78 is 0. The van der Waals surface area contributed by atoms with Crippen LogP contribution in [0.2, 0.25) is 0 Å². The van der Waals surface area contributed by atoms with E-state index in [1.807, 2.05) is 4.90 Å². The quantitative estimate of drug-likeness (QED) is 0.494. The number of nitrogens with zero attached hydrogens (tertiary/aromatic N) is 2. The van der Waals surface area contributed by atoms with Crippen LogP contribution in [0.1, 0.15) is 12.5 Å². The van der Waals surface area contributed by atoms with E-state index in [2.05, 4.69) is 6.92 Å². The molecule has 0 saturated carbocycles. The number of hydrogen-bond acceptors (Lipinski definition) is 3. The molecule has 1 saturated heterocycles. The van der Waals surface area contributed by atoms with E-state index in [9.17, 15) is 14.9 Å². The van der Waals surface area contributed by atoms with Crippen molar-refractivity contribution in [3.8, 4) is 0 Å². The van der Waals surface area contributed by atoms with Crippen molar-refractivity contribution < 1.29 is 14.6 Å². The molecule has 0 spiro atoms. The smallest absolute Gasteiger partial charge is 0.269 e. The fourth-order valence-electron chi connectivity index (χ4n) is 2.38. The molecule has 1 aliphatic heterocycles. The molecule has 0 aromatic heterocycles. The van der Waals surface area contributed by atoms with Crippen molar-refractivity contribution in [2.24, 2.45) is 0 Å². The lowest BCUT2D eigenvalue weighted by atomic mass is 10.2. The summed E-state index contributed by atoms with van der Waals surface area (Å²) in [4.78, 5) is 25.6. The number of hydrogen-bond donors (Lipinski definition) is 1. The molecule has 1 amide bonds. The summed E-state index contributed by atoms with van der Waals surface area (Å²) in [6.07, 6.45) is 3.24.